The van der Waals surface area contributed by atoms with Crippen LogP contribution in [0.3, 0.4) is 0 Å². The van der Waals surface area contributed by atoms with Crippen LogP contribution < -0.4 is 0 Å². The number of allylic oxidation sites excluding steroid dienone is 1. The zero-order chi connectivity index (χ0) is 9.02. The maximum atomic E-state index is 10.5. The van der Waals surface area contributed by atoms with Gasteiger partial charge in [-0.25, -0.2) is 4.79 Å². The molecule has 64 valence electrons. The normalized spacial score (nSPS) is 12.4. The van der Waals surface area contributed by atoms with E-state index in [-0.39, 0.29) is 6.42 Å². The van der Waals surface area contributed by atoms with Crippen molar-refractivity contribution in [3.8, 4) is 0 Å². The van der Waals surface area contributed by atoms with Crippen LogP contribution >= 0.6 is 0 Å². The van der Waals surface area contributed by atoms with Crippen molar-refractivity contribution >= 4 is 5.97 Å². The van der Waals surface area contributed by atoms with Crippen molar-refractivity contribution in [1.82, 2.24) is 0 Å². The van der Waals surface area contributed by atoms with Gasteiger partial charge >= 0.3 is 5.97 Å². The second-order valence-corrected chi connectivity index (χ2v) is 2.84. The van der Waals surface area contributed by atoms with Crippen LogP contribution in [0.1, 0.15) is 27.2 Å². The molecule has 3 heteroatoms. The third-order valence-electron chi connectivity index (χ3n) is 1.36. The molecule has 0 heterocycles. The van der Waals surface area contributed by atoms with Gasteiger partial charge in [-0.2, -0.15) is 0 Å². The minimum atomic E-state index is -0.939. The average Bonchev–Trinajstić information content (AvgIpc) is 1.81. The van der Waals surface area contributed by atoms with Crippen LogP contribution in [0.25, 0.3) is 0 Å². The number of aliphatic carboxylic acids is 1. The van der Waals surface area contributed by atoms with Crippen molar-refractivity contribution in [2.45, 2.75) is 33.3 Å². The molecule has 0 radical (unpaired) electrons. The Morgan fingerprint density at radius 3 is 2.00 bits per heavy atom. The predicted molar refractivity (Wildman–Crippen MR) is 42.3 cm³/mol. The lowest BCUT2D eigenvalue weighted by Crippen LogP contribution is -2.10. The molecule has 0 aromatic rings. The molecule has 0 aliphatic rings. The van der Waals surface area contributed by atoms with E-state index < -0.39 is 12.1 Å². The molecule has 1 atom stereocenters. The Labute approximate surface area is 66.4 Å². The zero-order valence-corrected chi connectivity index (χ0v) is 7.09. The van der Waals surface area contributed by atoms with Crippen LogP contribution in [0.4, 0.5) is 0 Å². The number of carboxylic acid groups (broad SMARTS) is 1. The van der Waals surface area contributed by atoms with Gasteiger partial charge in [-0.15, -0.1) is 0 Å². The molecule has 0 spiro atoms. The molecule has 0 bridgehead atoms. The fourth-order valence-corrected chi connectivity index (χ4v) is 0.801. The first-order chi connectivity index (χ1) is 4.95. The van der Waals surface area contributed by atoms with Crippen molar-refractivity contribution in [3.63, 3.8) is 0 Å². The summed E-state index contributed by atoms with van der Waals surface area (Å²) in [6.07, 6.45) is -0.367. The number of aliphatic hydroxyl groups is 1. The molecule has 2 N–H and O–H groups in total. The molecular weight excluding hydrogens is 144 g/mol. The van der Waals surface area contributed by atoms with Crippen molar-refractivity contribution in [2.75, 3.05) is 0 Å². The summed E-state index contributed by atoms with van der Waals surface area (Å²) < 4.78 is 0. The summed E-state index contributed by atoms with van der Waals surface area (Å²) in [6.45, 7) is 5.03. The van der Waals surface area contributed by atoms with Gasteiger partial charge in [0.15, 0.2) is 0 Å². The van der Waals surface area contributed by atoms with E-state index in [1.807, 2.05) is 0 Å². The van der Waals surface area contributed by atoms with Gasteiger partial charge in [0.05, 0.1) is 6.10 Å². The van der Waals surface area contributed by atoms with Gasteiger partial charge < -0.3 is 10.2 Å². The molecule has 0 aliphatic carbocycles. The standard InChI is InChI=1S/C8H14O3/c1-5(2)7(8(10)11)4-6(3)9/h6,9H,4H2,1-3H3,(H,10,11). The minimum Gasteiger partial charge on any atom is -0.478 e. The van der Waals surface area contributed by atoms with Gasteiger partial charge in [0, 0.05) is 12.0 Å². The molecule has 0 aromatic carbocycles. The summed E-state index contributed by atoms with van der Waals surface area (Å²) >= 11 is 0. The second-order valence-electron chi connectivity index (χ2n) is 2.84. The summed E-state index contributed by atoms with van der Waals surface area (Å²) in [5, 5.41) is 17.5. The number of hydrogen-bond donors (Lipinski definition) is 2. The monoisotopic (exact) mass is 158 g/mol. The smallest absolute Gasteiger partial charge is 0.331 e. The minimum absolute atomic E-state index is 0.220. The summed E-state index contributed by atoms with van der Waals surface area (Å²) in [7, 11) is 0. The highest BCUT2D eigenvalue weighted by atomic mass is 16.4. The molecule has 11 heavy (non-hydrogen) atoms. The van der Waals surface area contributed by atoms with Gasteiger partial charge in [0.25, 0.3) is 0 Å². The first-order valence-corrected chi connectivity index (χ1v) is 3.53. The maximum absolute atomic E-state index is 10.5. The maximum Gasteiger partial charge on any atom is 0.331 e. The first kappa shape index (κ1) is 10.2. The lowest BCUT2D eigenvalue weighted by molar-refractivity contribution is -0.133. The van der Waals surface area contributed by atoms with E-state index in [0.717, 1.165) is 5.57 Å². The number of aliphatic hydroxyl groups excluding tert-OH is 1. The van der Waals surface area contributed by atoms with Gasteiger partial charge in [0.2, 0.25) is 0 Å². The molecule has 0 amide bonds. The zero-order valence-electron chi connectivity index (χ0n) is 7.09. The molecule has 1 unspecified atom stereocenters. The van der Waals surface area contributed by atoms with Gasteiger partial charge in [-0.3, -0.25) is 0 Å². The van der Waals surface area contributed by atoms with Crippen LogP contribution in [0.5, 0.6) is 0 Å². The second kappa shape index (κ2) is 4.13. The quantitative estimate of drug-likeness (QED) is 0.606. The third kappa shape index (κ3) is 3.78. The van der Waals surface area contributed by atoms with Crippen LogP contribution in [-0.4, -0.2) is 22.3 Å². The molecule has 0 saturated heterocycles. The highest BCUT2D eigenvalue weighted by Gasteiger charge is 2.11. The SMILES string of the molecule is CC(C)=C(CC(C)O)C(=O)O. The Morgan fingerprint density at radius 2 is 1.91 bits per heavy atom. The van der Waals surface area contributed by atoms with Crippen LogP contribution in [0.15, 0.2) is 11.1 Å². The van der Waals surface area contributed by atoms with Gasteiger partial charge in [0.1, 0.15) is 0 Å². The summed E-state index contributed by atoms with van der Waals surface area (Å²) in [4.78, 5) is 10.5. The highest BCUT2D eigenvalue weighted by Crippen LogP contribution is 2.10. The van der Waals surface area contributed by atoms with E-state index >= 15 is 0 Å². The lowest BCUT2D eigenvalue weighted by Gasteiger charge is -2.06. The Morgan fingerprint density at radius 1 is 1.45 bits per heavy atom. The number of rotatable bonds is 3. The predicted octanol–water partition coefficient (Wildman–Crippen LogP) is 1.18. The molecule has 0 fully saturated rings. The van der Waals surface area contributed by atoms with Gasteiger partial charge in [-0.1, -0.05) is 5.57 Å². The van der Waals surface area contributed by atoms with E-state index in [4.69, 9.17) is 10.2 Å². The van der Waals surface area contributed by atoms with E-state index in [9.17, 15) is 4.79 Å². The van der Waals surface area contributed by atoms with Crippen molar-refractivity contribution in [3.05, 3.63) is 11.1 Å². The van der Waals surface area contributed by atoms with E-state index in [2.05, 4.69) is 0 Å². The third-order valence-corrected chi connectivity index (χ3v) is 1.36. The van der Waals surface area contributed by atoms with Crippen molar-refractivity contribution in [2.24, 2.45) is 0 Å². The van der Waals surface area contributed by atoms with Crippen molar-refractivity contribution in [1.29, 1.82) is 0 Å². The molecule has 0 saturated carbocycles. The number of carboxylic acids is 1. The Kier molecular flexibility index (Phi) is 3.82. The molecule has 0 rings (SSSR count). The van der Waals surface area contributed by atoms with E-state index in [1.54, 1.807) is 20.8 Å². The van der Waals surface area contributed by atoms with Crippen LogP contribution in [0.2, 0.25) is 0 Å². The summed E-state index contributed by atoms with van der Waals surface area (Å²) in [5.41, 5.74) is 1.05. The van der Waals surface area contributed by atoms with E-state index in [0.29, 0.717) is 5.57 Å². The highest BCUT2D eigenvalue weighted by molar-refractivity contribution is 5.87. The Hall–Kier alpha value is -0.830. The fourth-order valence-electron chi connectivity index (χ4n) is 0.801. The van der Waals surface area contributed by atoms with Crippen LogP contribution in [-0.2, 0) is 4.79 Å². The fraction of sp³-hybridized carbons (Fsp3) is 0.625. The summed E-state index contributed by atoms with van der Waals surface area (Å²) in [6, 6.07) is 0. The van der Waals surface area contributed by atoms with E-state index in [1.165, 1.54) is 0 Å². The Bertz CT molecular complexity index is 176. The number of hydrogen-bond acceptors (Lipinski definition) is 2. The van der Waals surface area contributed by atoms with Crippen molar-refractivity contribution < 1.29 is 15.0 Å². The molecule has 0 aliphatic heterocycles. The number of carbonyl (C=O) groups is 1. The average molecular weight is 158 g/mol. The Balaban J connectivity index is 4.39. The molecule has 0 aromatic heterocycles. The first-order valence-electron chi connectivity index (χ1n) is 3.53. The van der Waals surface area contributed by atoms with Crippen LogP contribution in [0, 0.1) is 0 Å². The lowest BCUT2D eigenvalue weighted by atomic mass is 10.1. The molecular formula is C8H14O3. The molecule has 3 nitrogen and oxygen atoms in total. The van der Waals surface area contributed by atoms with Gasteiger partial charge in [-0.05, 0) is 20.8 Å². The summed E-state index contributed by atoms with van der Waals surface area (Å²) in [5.74, 6) is -0.939. The largest absolute Gasteiger partial charge is 0.478 e. The topological polar surface area (TPSA) is 57.5 Å².